The summed E-state index contributed by atoms with van der Waals surface area (Å²) in [5, 5.41) is 2.69. The van der Waals surface area contributed by atoms with E-state index in [4.69, 9.17) is 14.2 Å². The molecule has 18 heavy (non-hydrogen) atoms. The summed E-state index contributed by atoms with van der Waals surface area (Å²) in [7, 11) is 0. The first-order valence-electron chi connectivity index (χ1n) is 5.52. The van der Waals surface area contributed by atoms with E-state index in [0.717, 1.165) is 5.56 Å². The van der Waals surface area contributed by atoms with Crippen LogP contribution in [-0.4, -0.2) is 24.8 Å². The highest BCUT2D eigenvalue weighted by Crippen LogP contribution is 2.37. The highest BCUT2D eigenvalue weighted by atomic mass is 16.7. The molecule has 1 fully saturated rings. The molecule has 0 saturated carbocycles. The van der Waals surface area contributed by atoms with Crippen LogP contribution in [0.3, 0.4) is 0 Å². The van der Waals surface area contributed by atoms with Gasteiger partial charge in [0.2, 0.25) is 12.9 Å². The van der Waals surface area contributed by atoms with Gasteiger partial charge in [0.15, 0.2) is 11.5 Å². The second-order valence-corrected chi connectivity index (χ2v) is 4.13. The number of β-lactam (4-membered cyclic amide) rings is 1. The van der Waals surface area contributed by atoms with Crippen LogP contribution in [0, 0.1) is 0 Å². The molecule has 94 valence electrons. The number of ether oxygens (including phenoxy) is 3. The molecule has 1 aromatic carbocycles. The minimum atomic E-state index is -0.761. The minimum Gasteiger partial charge on any atom is -0.454 e. The molecule has 3 rings (SSSR count). The van der Waals surface area contributed by atoms with Crippen LogP contribution in [0.2, 0.25) is 0 Å². The molecule has 2 aliphatic rings. The molecule has 1 saturated heterocycles. The van der Waals surface area contributed by atoms with Crippen molar-refractivity contribution in [3.8, 4) is 11.5 Å². The Hall–Kier alpha value is -2.24. The fraction of sp³-hybridized carbons (Fsp3) is 0.333. The maximum atomic E-state index is 11.3. The fourth-order valence-electron chi connectivity index (χ4n) is 2.03. The number of amides is 1. The van der Waals surface area contributed by atoms with Crippen molar-refractivity contribution in [3.63, 3.8) is 0 Å². The van der Waals surface area contributed by atoms with Crippen LogP contribution in [-0.2, 0) is 14.3 Å². The first kappa shape index (κ1) is 10.9. The molecule has 0 spiro atoms. The molecule has 2 heterocycles. The third-order valence-electron chi connectivity index (χ3n) is 2.91. The summed E-state index contributed by atoms with van der Waals surface area (Å²) >= 11 is 0. The Morgan fingerprint density at radius 1 is 1.39 bits per heavy atom. The van der Waals surface area contributed by atoms with E-state index >= 15 is 0 Å². The molecular formula is C12H11NO5. The van der Waals surface area contributed by atoms with Gasteiger partial charge in [0.05, 0.1) is 0 Å². The topological polar surface area (TPSA) is 73.9 Å². The van der Waals surface area contributed by atoms with Crippen molar-refractivity contribution in [2.45, 2.75) is 19.1 Å². The zero-order chi connectivity index (χ0) is 12.7. The Labute approximate surface area is 103 Å². The van der Waals surface area contributed by atoms with E-state index in [2.05, 4.69) is 5.32 Å². The van der Waals surface area contributed by atoms with Crippen LogP contribution < -0.4 is 14.8 Å². The second kappa shape index (κ2) is 3.90. The van der Waals surface area contributed by atoms with E-state index in [9.17, 15) is 9.59 Å². The largest absolute Gasteiger partial charge is 0.454 e. The number of carbonyl (C=O) groups is 2. The number of esters is 1. The minimum absolute atomic E-state index is 0.198. The Morgan fingerprint density at radius 2 is 2.17 bits per heavy atom. The van der Waals surface area contributed by atoms with Crippen LogP contribution in [0.5, 0.6) is 11.5 Å². The van der Waals surface area contributed by atoms with E-state index < -0.39 is 12.1 Å². The van der Waals surface area contributed by atoms with E-state index in [1.807, 2.05) is 6.07 Å². The molecule has 2 atom stereocenters. The number of hydrogen-bond acceptors (Lipinski definition) is 5. The molecule has 0 aliphatic carbocycles. The lowest BCUT2D eigenvalue weighted by Crippen LogP contribution is -2.57. The lowest BCUT2D eigenvalue weighted by molar-refractivity contribution is -0.164. The van der Waals surface area contributed by atoms with E-state index in [-0.39, 0.29) is 18.7 Å². The van der Waals surface area contributed by atoms with Gasteiger partial charge in [-0.25, -0.2) is 0 Å². The van der Waals surface area contributed by atoms with Crippen molar-refractivity contribution in [3.05, 3.63) is 23.8 Å². The Bertz CT molecular complexity index is 527. The van der Waals surface area contributed by atoms with Gasteiger partial charge in [-0.1, -0.05) is 6.07 Å². The van der Waals surface area contributed by atoms with Crippen LogP contribution in [0.1, 0.15) is 18.5 Å². The normalized spacial score (nSPS) is 24.2. The first-order valence-corrected chi connectivity index (χ1v) is 5.52. The molecule has 0 unspecified atom stereocenters. The van der Waals surface area contributed by atoms with Gasteiger partial charge in [0.25, 0.3) is 5.91 Å². The average Bonchev–Trinajstić information content (AvgIpc) is 2.80. The summed E-state index contributed by atoms with van der Waals surface area (Å²) in [6, 6.07) is 5.04. The van der Waals surface area contributed by atoms with E-state index in [1.54, 1.807) is 12.1 Å². The van der Waals surface area contributed by atoms with Crippen molar-refractivity contribution >= 4 is 11.9 Å². The monoisotopic (exact) mass is 249 g/mol. The van der Waals surface area contributed by atoms with Gasteiger partial charge in [-0.05, 0) is 17.7 Å². The molecular weight excluding hydrogens is 238 g/mol. The maximum absolute atomic E-state index is 11.3. The van der Waals surface area contributed by atoms with Gasteiger partial charge < -0.3 is 19.5 Å². The molecule has 6 nitrogen and oxygen atoms in total. The Balaban J connectivity index is 1.82. The SMILES string of the molecule is CC(=O)O[C@H]1C(=O)N[C@H]1c1ccc2c(c1)OCO2. The predicted molar refractivity (Wildman–Crippen MR) is 59.0 cm³/mol. The summed E-state index contributed by atoms with van der Waals surface area (Å²) in [6.45, 7) is 1.48. The molecule has 0 aromatic heterocycles. The lowest BCUT2D eigenvalue weighted by Gasteiger charge is -2.35. The number of hydrogen-bond donors (Lipinski definition) is 1. The van der Waals surface area contributed by atoms with Gasteiger partial charge in [-0.2, -0.15) is 0 Å². The predicted octanol–water partition coefficient (Wildman–Crippen LogP) is 0.518. The number of fused-ring (bicyclic) bond motifs is 1. The third-order valence-corrected chi connectivity index (χ3v) is 2.91. The molecule has 1 amide bonds. The zero-order valence-corrected chi connectivity index (χ0v) is 9.64. The molecule has 1 N–H and O–H groups in total. The van der Waals surface area contributed by atoms with Gasteiger partial charge >= 0.3 is 5.97 Å². The second-order valence-electron chi connectivity index (χ2n) is 4.13. The molecule has 0 radical (unpaired) electrons. The summed E-state index contributed by atoms with van der Waals surface area (Å²) in [5.41, 5.74) is 0.824. The van der Waals surface area contributed by atoms with Crippen LogP contribution in [0.15, 0.2) is 18.2 Å². The molecule has 6 heteroatoms. The average molecular weight is 249 g/mol. The van der Waals surface area contributed by atoms with Crippen LogP contribution in [0.4, 0.5) is 0 Å². The van der Waals surface area contributed by atoms with Crippen molar-refractivity contribution in [2.75, 3.05) is 6.79 Å². The number of nitrogens with one attached hydrogen (secondary N) is 1. The number of rotatable bonds is 2. The van der Waals surface area contributed by atoms with Crippen LogP contribution >= 0.6 is 0 Å². The first-order chi connectivity index (χ1) is 8.65. The smallest absolute Gasteiger partial charge is 0.303 e. The van der Waals surface area contributed by atoms with Crippen molar-refractivity contribution < 1.29 is 23.8 Å². The van der Waals surface area contributed by atoms with Gasteiger partial charge in [0.1, 0.15) is 6.04 Å². The maximum Gasteiger partial charge on any atom is 0.303 e. The van der Waals surface area contributed by atoms with Gasteiger partial charge in [-0.3, -0.25) is 9.59 Å². The summed E-state index contributed by atoms with van der Waals surface area (Å²) in [6.07, 6.45) is -0.761. The highest BCUT2D eigenvalue weighted by Gasteiger charge is 2.43. The van der Waals surface area contributed by atoms with E-state index in [1.165, 1.54) is 6.92 Å². The quantitative estimate of drug-likeness (QED) is 0.611. The summed E-state index contributed by atoms with van der Waals surface area (Å²) in [5.74, 6) is 0.553. The van der Waals surface area contributed by atoms with Crippen LogP contribution in [0.25, 0.3) is 0 Å². The number of benzene rings is 1. The molecule has 1 aromatic rings. The van der Waals surface area contributed by atoms with Crippen molar-refractivity contribution in [1.82, 2.24) is 5.32 Å². The molecule has 2 aliphatic heterocycles. The van der Waals surface area contributed by atoms with Crippen molar-refractivity contribution in [2.24, 2.45) is 0 Å². The standard InChI is InChI=1S/C12H11NO5/c1-6(14)18-11-10(13-12(11)15)7-2-3-8-9(4-7)17-5-16-8/h2-4,10-11H,5H2,1H3,(H,13,15)/t10-,11+/m0/s1. The highest BCUT2D eigenvalue weighted by molar-refractivity contribution is 5.90. The van der Waals surface area contributed by atoms with Crippen molar-refractivity contribution in [1.29, 1.82) is 0 Å². The lowest BCUT2D eigenvalue weighted by atomic mass is 9.93. The Morgan fingerprint density at radius 3 is 2.89 bits per heavy atom. The van der Waals surface area contributed by atoms with E-state index in [0.29, 0.717) is 11.5 Å². The van der Waals surface area contributed by atoms with Gasteiger partial charge in [0, 0.05) is 6.92 Å². The zero-order valence-electron chi connectivity index (χ0n) is 9.64. The fourth-order valence-corrected chi connectivity index (χ4v) is 2.03. The summed E-state index contributed by atoms with van der Waals surface area (Å²) < 4.78 is 15.4. The molecule has 0 bridgehead atoms. The Kier molecular flexibility index (Phi) is 2.36. The van der Waals surface area contributed by atoms with Gasteiger partial charge in [-0.15, -0.1) is 0 Å². The number of carbonyl (C=O) groups excluding carboxylic acids is 2. The summed E-state index contributed by atoms with van der Waals surface area (Å²) in [4.78, 5) is 22.2. The third kappa shape index (κ3) is 1.66.